The number of ether oxygens (including phenoxy) is 2. The first kappa shape index (κ1) is 11.2. The van der Waals surface area contributed by atoms with Gasteiger partial charge in [-0.15, -0.1) is 0 Å². The predicted molar refractivity (Wildman–Crippen MR) is 60.6 cm³/mol. The molecule has 4 nitrogen and oxygen atoms in total. The Hall–Kier alpha value is -1.26. The molecule has 1 aliphatic rings. The van der Waals surface area contributed by atoms with E-state index in [9.17, 15) is 4.79 Å². The number of carbonyl (C=O) groups excluding carboxylic acids is 1. The van der Waals surface area contributed by atoms with E-state index >= 15 is 0 Å². The van der Waals surface area contributed by atoms with E-state index in [1.807, 2.05) is 12.1 Å². The molecule has 1 fully saturated rings. The number of hydrogen-bond donors (Lipinski definition) is 1. The average Bonchev–Trinajstić information content (AvgIpc) is 2.21. The number of benzene rings is 1. The van der Waals surface area contributed by atoms with Crippen molar-refractivity contribution in [3.63, 3.8) is 0 Å². The zero-order valence-electron chi connectivity index (χ0n) is 8.61. The van der Waals surface area contributed by atoms with Gasteiger partial charge in [-0.1, -0.05) is 17.7 Å². The lowest BCUT2D eigenvalue weighted by molar-refractivity contribution is -0.170. The SMILES string of the molecule is O=C(CNc1cccc(Cl)c1)OC1COC1. The Bertz CT molecular complexity index is 379. The molecule has 2 rings (SSSR count). The summed E-state index contributed by atoms with van der Waals surface area (Å²) in [5.74, 6) is -0.284. The number of esters is 1. The minimum atomic E-state index is -0.284. The highest BCUT2D eigenvalue weighted by molar-refractivity contribution is 6.30. The second kappa shape index (κ2) is 5.18. The van der Waals surface area contributed by atoms with E-state index in [1.165, 1.54) is 0 Å². The van der Waals surface area contributed by atoms with Crippen LogP contribution in [0.5, 0.6) is 0 Å². The second-order valence-corrected chi connectivity index (χ2v) is 3.95. The molecule has 0 atom stereocenters. The van der Waals surface area contributed by atoms with E-state index in [-0.39, 0.29) is 18.6 Å². The fraction of sp³-hybridized carbons (Fsp3) is 0.364. The van der Waals surface area contributed by atoms with Gasteiger partial charge < -0.3 is 14.8 Å². The summed E-state index contributed by atoms with van der Waals surface area (Å²) in [5.41, 5.74) is 0.800. The van der Waals surface area contributed by atoms with Crippen LogP contribution in [-0.4, -0.2) is 31.8 Å². The summed E-state index contributed by atoms with van der Waals surface area (Å²) >= 11 is 5.80. The summed E-state index contributed by atoms with van der Waals surface area (Å²) in [6.45, 7) is 1.14. The molecule has 0 saturated carbocycles. The normalized spacial score (nSPS) is 15.3. The predicted octanol–water partition coefficient (Wildman–Crippen LogP) is 1.69. The van der Waals surface area contributed by atoms with Crippen LogP contribution in [0, 0.1) is 0 Å². The van der Waals surface area contributed by atoms with Crippen molar-refractivity contribution in [2.75, 3.05) is 25.1 Å². The Morgan fingerprint density at radius 3 is 3.00 bits per heavy atom. The Labute approximate surface area is 98.5 Å². The molecule has 1 aromatic rings. The first-order chi connectivity index (χ1) is 7.74. The molecule has 0 bridgehead atoms. The molecule has 1 aromatic carbocycles. The zero-order valence-corrected chi connectivity index (χ0v) is 9.37. The molecule has 0 aromatic heterocycles. The Morgan fingerprint density at radius 1 is 1.56 bits per heavy atom. The van der Waals surface area contributed by atoms with Gasteiger partial charge in [0.25, 0.3) is 0 Å². The van der Waals surface area contributed by atoms with Gasteiger partial charge in [0.1, 0.15) is 12.6 Å². The molecule has 86 valence electrons. The van der Waals surface area contributed by atoms with E-state index in [4.69, 9.17) is 21.1 Å². The van der Waals surface area contributed by atoms with Crippen LogP contribution < -0.4 is 5.32 Å². The molecular formula is C11H12ClNO3. The lowest BCUT2D eigenvalue weighted by Gasteiger charge is -2.25. The molecule has 5 heteroatoms. The molecule has 0 radical (unpaired) electrons. The number of halogens is 1. The Kier molecular flexibility index (Phi) is 3.64. The summed E-state index contributed by atoms with van der Waals surface area (Å²) in [5, 5.41) is 3.57. The van der Waals surface area contributed by atoms with Gasteiger partial charge in [0.2, 0.25) is 0 Å². The topological polar surface area (TPSA) is 47.6 Å². The third-order valence-electron chi connectivity index (χ3n) is 2.17. The lowest BCUT2D eigenvalue weighted by Crippen LogP contribution is -2.39. The number of nitrogens with one attached hydrogen (secondary N) is 1. The largest absolute Gasteiger partial charge is 0.456 e. The number of hydrogen-bond acceptors (Lipinski definition) is 4. The van der Waals surface area contributed by atoms with Gasteiger partial charge in [0.05, 0.1) is 13.2 Å². The molecule has 16 heavy (non-hydrogen) atoms. The van der Waals surface area contributed by atoms with Gasteiger partial charge in [0.15, 0.2) is 0 Å². The maximum atomic E-state index is 11.3. The fourth-order valence-electron chi connectivity index (χ4n) is 1.28. The molecule has 0 aliphatic carbocycles. The average molecular weight is 242 g/mol. The first-order valence-corrected chi connectivity index (χ1v) is 5.38. The van der Waals surface area contributed by atoms with Crippen LogP contribution >= 0.6 is 11.6 Å². The van der Waals surface area contributed by atoms with Crippen molar-refractivity contribution in [2.45, 2.75) is 6.10 Å². The zero-order chi connectivity index (χ0) is 11.4. The molecule has 1 heterocycles. The third kappa shape index (κ3) is 3.12. The van der Waals surface area contributed by atoms with Crippen molar-refractivity contribution in [3.8, 4) is 0 Å². The Morgan fingerprint density at radius 2 is 2.38 bits per heavy atom. The second-order valence-electron chi connectivity index (χ2n) is 3.51. The molecule has 1 N–H and O–H groups in total. The quantitative estimate of drug-likeness (QED) is 0.815. The first-order valence-electron chi connectivity index (χ1n) is 5.01. The molecule has 1 aliphatic heterocycles. The van der Waals surface area contributed by atoms with Crippen molar-refractivity contribution in [1.29, 1.82) is 0 Å². The van der Waals surface area contributed by atoms with E-state index in [2.05, 4.69) is 5.32 Å². The lowest BCUT2D eigenvalue weighted by atomic mass is 10.3. The fourth-order valence-corrected chi connectivity index (χ4v) is 1.47. The van der Waals surface area contributed by atoms with Crippen LogP contribution in [0.4, 0.5) is 5.69 Å². The van der Waals surface area contributed by atoms with Gasteiger partial charge in [0, 0.05) is 10.7 Å². The summed E-state index contributed by atoms with van der Waals surface area (Å²) in [6.07, 6.45) is -0.0753. The van der Waals surface area contributed by atoms with Crippen molar-refractivity contribution >= 4 is 23.3 Å². The minimum Gasteiger partial charge on any atom is -0.456 e. The smallest absolute Gasteiger partial charge is 0.325 e. The summed E-state index contributed by atoms with van der Waals surface area (Å²) in [6, 6.07) is 7.18. The van der Waals surface area contributed by atoms with Gasteiger partial charge in [-0.2, -0.15) is 0 Å². The summed E-state index contributed by atoms with van der Waals surface area (Å²) < 4.78 is 9.98. The third-order valence-corrected chi connectivity index (χ3v) is 2.40. The van der Waals surface area contributed by atoms with Gasteiger partial charge in [-0.3, -0.25) is 4.79 Å². The highest BCUT2D eigenvalue weighted by Crippen LogP contribution is 2.14. The molecule has 0 unspecified atom stereocenters. The minimum absolute atomic E-state index is 0.0753. The van der Waals surface area contributed by atoms with E-state index in [0.717, 1.165) is 5.69 Å². The number of anilines is 1. The van der Waals surface area contributed by atoms with Crippen LogP contribution in [0.3, 0.4) is 0 Å². The number of carbonyl (C=O) groups is 1. The van der Waals surface area contributed by atoms with Gasteiger partial charge in [-0.25, -0.2) is 0 Å². The summed E-state index contributed by atoms with van der Waals surface area (Å²) in [7, 11) is 0. The monoisotopic (exact) mass is 241 g/mol. The van der Waals surface area contributed by atoms with E-state index < -0.39 is 0 Å². The maximum Gasteiger partial charge on any atom is 0.325 e. The molecule has 1 saturated heterocycles. The highest BCUT2D eigenvalue weighted by Gasteiger charge is 2.22. The summed E-state index contributed by atoms with van der Waals surface area (Å²) in [4.78, 5) is 11.3. The van der Waals surface area contributed by atoms with Crippen LogP contribution in [0.1, 0.15) is 0 Å². The Balaban J connectivity index is 1.75. The highest BCUT2D eigenvalue weighted by atomic mass is 35.5. The van der Waals surface area contributed by atoms with E-state index in [0.29, 0.717) is 18.2 Å². The van der Waals surface area contributed by atoms with Crippen molar-refractivity contribution in [1.82, 2.24) is 0 Å². The molecule has 0 amide bonds. The van der Waals surface area contributed by atoms with Crippen molar-refractivity contribution in [3.05, 3.63) is 29.3 Å². The maximum absolute atomic E-state index is 11.3. The van der Waals surface area contributed by atoms with Gasteiger partial charge >= 0.3 is 5.97 Å². The van der Waals surface area contributed by atoms with Crippen LogP contribution in [0.25, 0.3) is 0 Å². The van der Waals surface area contributed by atoms with Crippen LogP contribution in [-0.2, 0) is 14.3 Å². The number of rotatable bonds is 4. The standard InChI is InChI=1S/C11H12ClNO3/c12-8-2-1-3-9(4-8)13-5-11(14)16-10-6-15-7-10/h1-4,10,13H,5-7H2. The van der Waals surface area contributed by atoms with Crippen LogP contribution in [0.15, 0.2) is 24.3 Å². The van der Waals surface area contributed by atoms with Crippen molar-refractivity contribution < 1.29 is 14.3 Å². The van der Waals surface area contributed by atoms with Crippen LogP contribution in [0.2, 0.25) is 5.02 Å². The van der Waals surface area contributed by atoms with Gasteiger partial charge in [-0.05, 0) is 18.2 Å². The molecular weight excluding hydrogens is 230 g/mol. The van der Waals surface area contributed by atoms with Crippen molar-refractivity contribution in [2.24, 2.45) is 0 Å². The van der Waals surface area contributed by atoms with E-state index in [1.54, 1.807) is 12.1 Å². The molecule has 0 spiro atoms.